The minimum Gasteiger partial charge on any atom is -0.345 e. The Morgan fingerprint density at radius 2 is 1.83 bits per heavy atom. The first-order chi connectivity index (χ1) is 17.2. The molecule has 0 aliphatic carbocycles. The van der Waals surface area contributed by atoms with Gasteiger partial charge in [-0.3, -0.25) is 4.68 Å². The Morgan fingerprint density at radius 3 is 2.66 bits per heavy atom. The van der Waals surface area contributed by atoms with Crippen molar-refractivity contribution in [2.75, 3.05) is 13.1 Å². The number of fused-ring (bicyclic) bond motifs is 1. The van der Waals surface area contributed by atoms with E-state index >= 15 is 4.39 Å². The lowest BCUT2D eigenvalue weighted by Crippen LogP contribution is -2.27. The zero-order valence-corrected chi connectivity index (χ0v) is 19.5. The van der Waals surface area contributed by atoms with Gasteiger partial charge in [-0.2, -0.15) is 5.10 Å². The maximum Gasteiger partial charge on any atom is 0.137 e. The van der Waals surface area contributed by atoms with Crippen LogP contribution in [0.15, 0.2) is 79.3 Å². The van der Waals surface area contributed by atoms with Gasteiger partial charge in [0, 0.05) is 41.6 Å². The van der Waals surface area contributed by atoms with Gasteiger partial charge >= 0.3 is 0 Å². The second-order valence-corrected chi connectivity index (χ2v) is 9.28. The van der Waals surface area contributed by atoms with Crippen LogP contribution in [-0.4, -0.2) is 32.8 Å². The normalized spacial score (nSPS) is 14.5. The molecule has 1 saturated heterocycles. The maximum atomic E-state index is 15.1. The van der Waals surface area contributed by atoms with Crippen LogP contribution in [0.4, 0.5) is 4.39 Å². The number of hydrogen-bond acceptors (Lipinski definition) is 3. The zero-order valence-electron chi connectivity index (χ0n) is 19.5. The summed E-state index contributed by atoms with van der Waals surface area (Å²) in [5, 5.41) is 9.14. The van der Waals surface area contributed by atoms with Crippen LogP contribution in [-0.2, 0) is 13.0 Å². The van der Waals surface area contributed by atoms with Crippen LogP contribution in [0.2, 0.25) is 0 Å². The number of pyridine rings is 1. The quantitative estimate of drug-likeness (QED) is 0.326. The highest BCUT2D eigenvalue weighted by molar-refractivity contribution is 5.94. The van der Waals surface area contributed by atoms with Gasteiger partial charge in [0.25, 0.3) is 0 Å². The van der Waals surface area contributed by atoms with Gasteiger partial charge in [-0.25, -0.2) is 9.37 Å². The molecule has 5 nitrogen and oxygen atoms in total. The Morgan fingerprint density at radius 1 is 0.971 bits per heavy atom. The van der Waals surface area contributed by atoms with Crippen LogP contribution < -0.4 is 5.32 Å². The van der Waals surface area contributed by atoms with E-state index in [1.165, 1.54) is 5.56 Å². The number of aromatic nitrogens is 4. The zero-order chi connectivity index (χ0) is 23.6. The number of aromatic amines is 1. The summed E-state index contributed by atoms with van der Waals surface area (Å²) in [6, 6.07) is 20.2. The Labute approximate surface area is 204 Å². The van der Waals surface area contributed by atoms with E-state index in [0.29, 0.717) is 5.92 Å². The summed E-state index contributed by atoms with van der Waals surface area (Å²) in [5.74, 6) is 0.167. The minimum atomic E-state index is -0.124. The lowest BCUT2D eigenvalue weighted by Gasteiger charge is -2.23. The number of benzene rings is 2. The molecular weight excluding hydrogens is 437 g/mol. The van der Waals surface area contributed by atoms with Gasteiger partial charge in [-0.05, 0) is 73.2 Å². The molecule has 2 N–H and O–H groups in total. The number of nitrogens with zero attached hydrogens (tertiary/aromatic N) is 3. The molecular formula is C29H28FN5. The summed E-state index contributed by atoms with van der Waals surface area (Å²) >= 11 is 0. The maximum absolute atomic E-state index is 15.1. The van der Waals surface area contributed by atoms with Crippen molar-refractivity contribution in [2.45, 2.75) is 31.7 Å². The molecule has 4 heterocycles. The van der Waals surface area contributed by atoms with Crippen molar-refractivity contribution in [1.82, 2.24) is 25.1 Å². The molecule has 1 aliphatic rings. The standard InChI is InChI=1S/C29H28FN5/c30-27-17-22(6-7-24(27)21-8-12-31-13-9-21)23-16-25-26(19-33-29(25)32-18-23)28-11-15-35(34-28)14-10-20-4-2-1-3-5-20/h1-7,11,15-19,21,31H,8-10,12-14H2,(H,32,33). The molecule has 5 aromatic rings. The predicted octanol–water partition coefficient (Wildman–Crippen LogP) is 5.94. The number of rotatable bonds is 6. The van der Waals surface area contributed by atoms with E-state index in [1.807, 2.05) is 41.3 Å². The SMILES string of the molecule is Fc1cc(-c2cnc3[nH]cc(-c4ccn(CCc5ccccc5)n4)c3c2)ccc1C1CCNCC1. The van der Waals surface area contributed by atoms with E-state index in [9.17, 15) is 0 Å². The van der Waals surface area contributed by atoms with Crippen molar-refractivity contribution in [2.24, 2.45) is 0 Å². The summed E-state index contributed by atoms with van der Waals surface area (Å²) in [4.78, 5) is 7.86. The number of nitrogens with one attached hydrogen (secondary N) is 2. The highest BCUT2D eigenvalue weighted by Crippen LogP contribution is 2.33. The third-order valence-corrected chi connectivity index (χ3v) is 7.03. The Balaban J connectivity index is 1.26. The van der Waals surface area contributed by atoms with Crippen molar-refractivity contribution in [3.8, 4) is 22.4 Å². The largest absolute Gasteiger partial charge is 0.345 e. The van der Waals surface area contributed by atoms with E-state index in [4.69, 9.17) is 5.10 Å². The molecule has 3 aromatic heterocycles. The monoisotopic (exact) mass is 465 g/mol. The van der Waals surface area contributed by atoms with E-state index in [-0.39, 0.29) is 5.82 Å². The first kappa shape index (κ1) is 21.7. The third kappa shape index (κ3) is 4.49. The van der Waals surface area contributed by atoms with Crippen molar-refractivity contribution < 1.29 is 4.39 Å². The van der Waals surface area contributed by atoms with E-state index in [2.05, 4.69) is 45.6 Å². The van der Waals surface area contributed by atoms with Gasteiger partial charge in [0.05, 0.1) is 5.69 Å². The van der Waals surface area contributed by atoms with Crippen molar-refractivity contribution in [3.05, 3.63) is 96.2 Å². The third-order valence-electron chi connectivity index (χ3n) is 7.03. The molecule has 0 spiro atoms. The Bertz CT molecular complexity index is 1450. The molecule has 6 rings (SSSR count). The average molecular weight is 466 g/mol. The van der Waals surface area contributed by atoms with Gasteiger partial charge < -0.3 is 10.3 Å². The summed E-state index contributed by atoms with van der Waals surface area (Å²) in [5.41, 5.74) is 6.56. The van der Waals surface area contributed by atoms with E-state index in [1.54, 1.807) is 12.3 Å². The molecule has 0 atom stereocenters. The Hall–Kier alpha value is -3.77. The first-order valence-electron chi connectivity index (χ1n) is 12.3. The van der Waals surface area contributed by atoms with Gasteiger partial charge in [0.15, 0.2) is 0 Å². The van der Waals surface area contributed by atoms with E-state index < -0.39 is 0 Å². The summed E-state index contributed by atoms with van der Waals surface area (Å²) in [7, 11) is 0. The molecule has 1 aliphatic heterocycles. The van der Waals surface area contributed by atoms with Crippen molar-refractivity contribution >= 4 is 11.0 Å². The first-order valence-corrected chi connectivity index (χ1v) is 12.3. The van der Waals surface area contributed by atoms with Crippen LogP contribution in [0.5, 0.6) is 0 Å². The van der Waals surface area contributed by atoms with Crippen LogP contribution in [0.3, 0.4) is 0 Å². The number of aryl methyl sites for hydroxylation is 2. The van der Waals surface area contributed by atoms with Crippen LogP contribution in [0.1, 0.15) is 29.9 Å². The number of H-pyrrole nitrogens is 1. The highest BCUT2D eigenvalue weighted by atomic mass is 19.1. The number of halogens is 1. The van der Waals surface area contributed by atoms with Crippen molar-refractivity contribution in [3.63, 3.8) is 0 Å². The molecule has 2 aromatic carbocycles. The van der Waals surface area contributed by atoms with Crippen LogP contribution >= 0.6 is 0 Å². The molecule has 0 bridgehead atoms. The lowest BCUT2D eigenvalue weighted by molar-refractivity contribution is 0.445. The molecule has 6 heteroatoms. The second kappa shape index (κ2) is 9.47. The van der Waals surface area contributed by atoms with Crippen molar-refractivity contribution in [1.29, 1.82) is 0 Å². The molecule has 0 saturated carbocycles. The van der Waals surface area contributed by atoms with Gasteiger partial charge in [-0.15, -0.1) is 0 Å². The average Bonchev–Trinajstić information content (AvgIpc) is 3.55. The molecule has 0 amide bonds. The molecule has 0 unspecified atom stereocenters. The summed E-state index contributed by atoms with van der Waals surface area (Å²) < 4.78 is 17.0. The smallest absolute Gasteiger partial charge is 0.137 e. The predicted molar refractivity (Wildman–Crippen MR) is 138 cm³/mol. The molecule has 1 fully saturated rings. The van der Waals surface area contributed by atoms with Gasteiger partial charge in [0.1, 0.15) is 11.5 Å². The van der Waals surface area contributed by atoms with Crippen LogP contribution in [0, 0.1) is 5.82 Å². The van der Waals surface area contributed by atoms with Crippen LogP contribution in [0.25, 0.3) is 33.4 Å². The Kier molecular flexibility index (Phi) is 5.88. The topological polar surface area (TPSA) is 58.5 Å². The fourth-order valence-corrected chi connectivity index (χ4v) is 5.06. The fraction of sp³-hybridized carbons (Fsp3) is 0.241. The number of piperidine rings is 1. The molecule has 0 radical (unpaired) electrons. The molecule has 176 valence electrons. The summed E-state index contributed by atoms with van der Waals surface area (Å²) in [6.07, 6.45) is 8.67. The highest BCUT2D eigenvalue weighted by Gasteiger charge is 2.19. The van der Waals surface area contributed by atoms with Gasteiger partial charge in [-0.1, -0.05) is 42.5 Å². The van der Waals surface area contributed by atoms with Gasteiger partial charge in [0.2, 0.25) is 0 Å². The lowest BCUT2D eigenvalue weighted by atomic mass is 9.89. The molecule has 35 heavy (non-hydrogen) atoms. The van der Waals surface area contributed by atoms with E-state index in [0.717, 1.165) is 77.9 Å². The fourth-order valence-electron chi connectivity index (χ4n) is 5.06. The second-order valence-electron chi connectivity index (χ2n) is 9.28. The summed E-state index contributed by atoms with van der Waals surface area (Å²) in [6.45, 7) is 2.72. The number of hydrogen-bond donors (Lipinski definition) is 2. The minimum absolute atomic E-state index is 0.124.